The summed E-state index contributed by atoms with van der Waals surface area (Å²) < 4.78 is 11.7. The van der Waals surface area contributed by atoms with Crippen LogP contribution in [0.5, 0.6) is 5.75 Å². The lowest BCUT2D eigenvalue weighted by molar-refractivity contribution is -0.142. The van der Waals surface area contributed by atoms with Crippen LogP contribution in [0, 0.1) is 0 Å². The van der Waals surface area contributed by atoms with Crippen LogP contribution in [0.4, 0.5) is 4.79 Å². The molecule has 66 heavy (non-hydrogen) atoms. The summed E-state index contributed by atoms with van der Waals surface area (Å²) in [5.41, 5.74) is 16.9. The molecule has 0 fully saturated rings. The first-order chi connectivity index (χ1) is 31.7. The van der Waals surface area contributed by atoms with E-state index in [1.807, 2.05) is 69.3 Å². The lowest BCUT2D eigenvalue weighted by atomic mass is 9.98. The summed E-state index contributed by atoms with van der Waals surface area (Å²) >= 11 is 6.14. The molecule has 4 atom stereocenters. The van der Waals surface area contributed by atoms with Gasteiger partial charge in [-0.25, -0.2) is 9.59 Å². The second-order valence-electron chi connectivity index (χ2n) is 16.7. The molecular formula is C49H51ClN8O8. The molecule has 0 saturated carbocycles. The minimum absolute atomic E-state index is 0.0276. The summed E-state index contributed by atoms with van der Waals surface area (Å²) in [7, 11) is 0. The molecule has 17 heteroatoms. The molecule has 0 unspecified atom stereocenters. The van der Waals surface area contributed by atoms with Gasteiger partial charge in [0, 0.05) is 30.2 Å². The third-order valence-electron chi connectivity index (χ3n) is 10.7. The van der Waals surface area contributed by atoms with Crippen LogP contribution in [0.3, 0.4) is 0 Å². The highest BCUT2D eigenvalue weighted by Gasteiger charge is 2.34. The van der Waals surface area contributed by atoms with E-state index in [2.05, 4.69) is 36.8 Å². The molecule has 6 rings (SSSR count). The maximum Gasteiger partial charge on any atom is 0.407 e. The van der Waals surface area contributed by atoms with E-state index in [4.69, 9.17) is 26.6 Å². The van der Waals surface area contributed by atoms with Gasteiger partial charge in [0.2, 0.25) is 17.7 Å². The second kappa shape index (κ2) is 22.4. The number of rotatable bonds is 20. The minimum atomic E-state index is -1.50. The first kappa shape index (κ1) is 47.9. The molecule has 6 N–H and O–H groups in total. The van der Waals surface area contributed by atoms with E-state index in [9.17, 15) is 29.1 Å². The molecule has 0 spiro atoms. The van der Waals surface area contributed by atoms with Crippen molar-refractivity contribution < 1.29 is 38.6 Å². The number of fused-ring (bicyclic) bond motifs is 3. The largest absolute Gasteiger partial charge is 0.488 e. The van der Waals surface area contributed by atoms with Crippen LogP contribution >= 0.6 is 11.6 Å². The van der Waals surface area contributed by atoms with Crippen molar-refractivity contribution in [3.05, 3.63) is 171 Å². The number of benzene rings is 5. The lowest BCUT2D eigenvalue weighted by Gasteiger charge is -2.26. The quantitative estimate of drug-likeness (QED) is 0.0208. The number of halogens is 1. The van der Waals surface area contributed by atoms with Crippen LogP contribution in [-0.2, 0) is 43.2 Å². The number of nitrogens with zero attached hydrogens (tertiary/aromatic N) is 3. The number of carbonyl (C=O) groups is 5. The molecule has 5 aromatic rings. The summed E-state index contributed by atoms with van der Waals surface area (Å²) in [6.45, 7) is 5.22. The van der Waals surface area contributed by atoms with Gasteiger partial charge in [-0.3, -0.25) is 19.8 Å². The van der Waals surface area contributed by atoms with Gasteiger partial charge in [-0.2, -0.15) is 4.91 Å². The van der Waals surface area contributed by atoms with E-state index in [-0.39, 0.29) is 31.8 Å². The number of alkyl carbamates (subject to hydrolysis) is 1. The van der Waals surface area contributed by atoms with E-state index in [1.54, 1.807) is 78.9 Å². The highest BCUT2D eigenvalue weighted by Crippen LogP contribution is 2.44. The van der Waals surface area contributed by atoms with Gasteiger partial charge in [0.15, 0.2) is 0 Å². The number of azide groups is 1. The Kier molecular flexibility index (Phi) is 16.2. The fraction of sp³-hybridized carbons (Fsp3) is 0.286. The highest BCUT2D eigenvalue weighted by molar-refractivity contribution is 6.30. The molecule has 5 aromatic carbocycles. The molecule has 0 aliphatic heterocycles. The Balaban J connectivity index is 1.22. The Morgan fingerprint density at radius 1 is 0.652 bits per heavy atom. The van der Waals surface area contributed by atoms with E-state index in [0.717, 1.165) is 22.3 Å². The molecular weight excluding hydrogens is 864 g/mol. The Morgan fingerprint density at radius 3 is 1.68 bits per heavy atom. The molecule has 4 amide bonds. The average Bonchev–Trinajstić information content (AvgIpc) is 3.61. The predicted molar refractivity (Wildman–Crippen MR) is 248 cm³/mol. The van der Waals surface area contributed by atoms with Crippen molar-refractivity contribution in [2.45, 2.75) is 75.7 Å². The van der Waals surface area contributed by atoms with Crippen LogP contribution in [0.25, 0.3) is 21.6 Å². The van der Waals surface area contributed by atoms with Crippen LogP contribution in [0.2, 0.25) is 5.02 Å². The zero-order valence-electron chi connectivity index (χ0n) is 36.6. The summed E-state index contributed by atoms with van der Waals surface area (Å²) in [6, 6.07) is 32.4. The van der Waals surface area contributed by atoms with Crippen molar-refractivity contribution in [2.75, 3.05) is 13.2 Å². The Morgan fingerprint density at radius 2 is 1.12 bits per heavy atom. The van der Waals surface area contributed by atoms with E-state index in [0.29, 0.717) is 27.5 Å². The van der Waals surface area contributed by atoms with Gasteiger partial charge in [0.25, 0.3) is 0 Å². The first-order valence-electron chi connectivity index (χ1n) is 21.3. The van der Waals surface area contributed by atoms with Crippen molar-refractivity contribution in [3.8, 4) is 16.9 Å². The molecule has 0 radical (unpaired) electrons. The van der Waals surface area contributed by atoms with Crippen molar-refractivity contribution in [1.82, 2.24) is 26.7 Å². The summed E-state index contributed by atoms with van der Waals surface area (Å²) in [6.07, 6.45) is -1.08. The average molecular weight is 915 g/mol. The van der Waals surface area contributed by atoms with Crippen molar-refractivity contribution in [1.29, 1.82) is 0 Å². The number of aliphatic carboxylic acids is 1. The molecule has 342 valence electrons. The fourth-order valence-corrected chi connectivity index (χ4v) is 7.71. The number of amides is 4. The fourth-order valence-electron chi connectivity index (χ4n) is 7.58. The smallest absolute Gasteiger partial charge is 0.407 e. The maximum atomic E-state index is 14.2. The molecule has 1 aliphatic carbocycles. The topological polar surface area (TPSA) is 233 Å². The third kappa shape index (κ3) is 13.5. The monoisotopic (exact) mass is 914 g/mol. The van der Waals surface area contributed by atoms with Crippen LogP contribution in [-0.4, -0.2) is 77.8 Å². The van der Waals surface area contributed by atoms with Gasteiger partial charge in [-0.15, -0.1) is 5.53 Å². The van der Waals surface area contributed by atoms with Crippen molar-refractivity contribution in [3.63, 3.8) is 0 Å². The highest BCUT2D eigenvalue weighted by atomic mass is 35.5. The van der Waals surface area contributed by atoms with Crippen LogP contribution in [0.15, 0.2) is 133 Å². The van der Waals surface area contributed by atoms with E-state index < -0.39 is 66.1 Å². The zero-order chi connectivity index (χ0) is 47.2. The molecule has 0 aromatic heterocycles. The first-order valence-corrected chi connectivity index (χ1v) is 21.6. The van der Waals surface area contributed by atoms with Gasteiger partial charge >= 0.3 is 12.1 Å². The number of ether oxygens (including phenoxy) is 2. The van der Waals surface area contributed by atoms with Gasteiger partial charge in [-0.1, -0.05) is 115 Å². The third-order valence-corrected chi connectivity index (χ3v) is 10.9. The summed E-state index contributed by atoms with van der Waals surface area (Å²) in [5, 5.41) is 24.4. The molecule has 0 heterocycles. The van der Waals surface area contributed by atoms with E-state index >= 15 is 0 Å². The number of hydrogen-bond acceptors (Lipinski definition) is 8. The van der Waals surface area contributed by atoms with Crippen LogP contribution in [0.1, 0.15) is 54.5 Å². The van der Waals surface area contributed by atoms with Gasteiger partial charge in [0.1, 0.15) is 48.7 Å². The SMILES string of the molecule is CC(C)(C)Oc1ccc(C[C@H](NC(=O)[C@@H](CNN=[N+]=[N-])NC(=O)[C@H](Cc2ccc(Cl)cc2)NC(=O)OCC2c3ccccc3-c3ccccc32)C(=O)N[C@H](Cc2ccccc2)C(=O)O)cc1. The number of carboxylic acids is 1. The molecule has 1 aliphatic rings. The Labute approximate surface area is 387 Å². The number of nitrogens with one attached hydrogen (secondary N) is 5. The van der Waals surface area contributed by atoms with Gasteiger partial charge < -0.3 is 35.8 Å². The van der Waals surface area contributed by atoms with Crippen LogP contribution < -0.4 is 31.4 Å². The Hall–Kier alpha value is -7.55. The maximum absolute atomic E-state index is 14.2. The standard InChI is InChI=1S/C49H51ClN8O8/c1-49(2,3)66-34-23-19-32(20-24-34)25-40(44(59)54-42(47(62)63)27-30-11-5-4-6-12-30)53-46(61)43(28-52-58-57-51)55-45(60)41(26-31-17-21-33(50)22-18-31)56-48(64)65-29-39-37-15-9-7-13-35(37)36-14-8-10-16-38(36)39/h4-24,39-43,52H,25-29H2,1-3H3,(H,53,61)(H,54,59)(H,55,60)(H,56,64)(H,62,63)/t40-,41-,42+,43+/m0/s1. The summed E-state index contributed by atoms with van der Waals surface area (Å²) in [4.78, 5) is 71.2. The minimum Gasteiger partial charge on any atom is -0.488 e. The van der Waals surface area contributed by atoms with Gasteiger partial charge in [0.05, 0.1) is 0 Å². The normalized spacial score (nSPS) is 13.5. The van der Waals surface area contributed by atoms with Gasteiger partial charge in [-0.05, 0) is 89.2 Å². The predicted octanol–water partition coefficient (Wildman–Crippen LogP) is 6.81. The number of carbonyl (C=O) groups excluding carboxylic acids is 4. The molecule has 16 nitrogen and oxygen atoms in total. The molecule has 0 bridgehead atoms. The second-order valence-corrected chi connectivity index (χ2v) is 17.1. The molecule has 0 saturated heterocycles. The Bertz CT molecular complexity index is 2500. The number of carboxylic acid groups (broad SMARTS) is 1. The summed E-state index contributed by atoms with van der Waals surface area (Å²) in [5.74, 6) is -3.50. The number of hydrogen-bond donors (Lipinski definition) is 6. The lowest BCUT2D eigenvalue weighted by Crippen LogP contribution is -2.60. The van der Waals surface area contributed by atoms with Crippen molar-refractivity contribution >= 4 is 41.4 Å². The zero-order valence-corrected chi connectivity index (χ0v) is 37.3. The van der Waals surface area contributed by atoms with Crippen molar-refractivity contribution in [2.24, 2.45) is 5.22 Å². The van der Waals surface area contributed by atoms with E-state index in [1.165, 1.54) is 0 Å².